The number of hydrogen-bond donors (Lipinski definition) is 2. The highest BCUT2D eigenvalue weighted by molar-refractivity contribution is 6.31. The summed E-state index contributed by atoms with van der Waals surface area (Å²) in [5.41, 5.74) is 3.00. The predicted molar refractivity (Wildman–Crippen MR) is 96.7 cm³/mol. The van der Waals surface area contributed by atoms with Crippen molar-refractivity contribution in [1.82, 2.24) is 10.3 Å². The molecule has 0 saturated carbocycles. The first kappa shape index (κ1) is 16.4. The molecule has 0 radical (unpaired) electrons. The Balaban J connectivity index is 1.57. The van der Waals surface area contributed by atoms with Crippen molar-refractivity contribution in [2.45, 2.75) is 12.8 Å². The van der Waals surface area contributed by atoms with Gasteiger partial charge in [-0.15, -0.1) is 0 Å². The van der Waals surface area contributed by atoms with E-state index in [1.165, 1.54) is 0 Å². The van der Waals surface area contributed by atoms with Crippen LogP contribution >= 0.6 is 11.6 Å². The Bertz CT molecular complexity index is 857. The van der Waals surface area contributed by atoms with Gasteiger partial charge in [-0.25, -0.2) is 0 Å². The first-order valence-corrected chi connectivity index (χ1v) is 8.19. The second kappa shape index (κ2) is 7.41. The Morgan fingerprint density at radius 1 is 1.21 bits per heavy atom. The van der Waals surface area contributed by atoms with E-state index in [1.807, 2.05) is 48.7 Å². The van der Waals surface area contributed by atoms with E-state index in [0.29, 0.717) is 18.0 Å². The molecule has 1 heterocycles. The Hall–Kier alpha value is -2.46. The van der Waals surface area contributed by atoms with Gasteiger partial charge in [-0.1, -0.05) is 35.9 Å². The molecule has 2 aromatic carbocycles. The van der Waals surface area contributed by atoms with Crippen LogP contribution in [0.15, 0.2) is 48.7 Å². The molecule has 0 saturated heterocycles. The number of H-pyrrole nitrogens is 1. The van der Waals surface area contributed by atoms with Crippen LogP contribution in [0.25, 0.3) is 10.9 Å². The quantitative estimate of drug-likeness (QED) is 0.717. The molecule has 3 aromatic rings. The Morgan fingerprint density at radius 3 is 2.88 bits per heavy atom. The molecule has 0 unspecified atom stereocenters. The molecule has 124 valence electrons. The number of carbonyl (C=O) groups is 1. The lowest BCUT2D eigenvalue weighted by Gasteiger charge is -2.09. The molecule has 0 aliphatic heterocycles. The molecule has 0 fully saturated rings. The van der Waals surface area contributed by atoms with Gasteiger partial charge in [-0.2, -0.15) is 0 Å². The van der Waals surface area contributed by atoms with Crippen molar-refractivity contribution < 1.29 is 9.53 Å². The van der Waals surface area contributed by atoms with Gasteiger partial charge in [0.05, 0.1) is 13.5 Å². The molecule has 1 amide bonds. The van der Waals surface area contributed by atoms with Gasteiger partial charge in [-0.3, -0.25) is 4.79 Å². The van der Waals surface area contributed by atoms with Crippen molar-refractivity contribution in [3.63, 3.8) is 0 Å². The number of amides is 1. The zero-order chi connectivity index (χ0) is 16.9. The molecule has 4 nitrogen and oxygen atoms in total. The lowest BCUT2D eigenvalue weighted by atomic mass is 10.1. The zero-order valence-corrected chi connectivity index (χ0v) is 14.2. The Morgan fingerprint density at radius 2 is 2.04 bits per heavy atom. The van der Waals surface area contributed by atoms with Crippen molar-refractivity contribution >= 4 is 28.4 Å². The van der Waals surface area contributed by atoms with Gasteiger partial charge in [0.15, 0.2) is 0 Å². The fourth-order valence-corrected chi connectivity index (χ4v) is 2.96. The monoisotopic (exact) mass is 342 g/mol. The van der Waals surface area contributed by atoms with E-state index >= 15 is 0 Å². The number of ether oxygens (including phenoxy) is 1. The summed E-state index contributed by atoms with van der Waals surface area (Å²) in [5.74, 6) is 0.848. The largest absolute Gasteiger partial charge is 0.496 e. The molecule has 5 heteroatoms. The van der Waals surface area contributed by atoms with Crippen LogP contribution in [0.2, 0.25) is 5.02 Å². The third kappa shape index (κ3) is 3.71. The second-order valence-electron chi connectivity index (χ2n) is 5.59. The molecule has 0 aliphatic rings. The molecule has 1 aromatic heterocycles. The van der Waals surface area contributed by atoms with E-state index in [2.05, 4.69) is 10.3 Å². The Kier molecular flexibility index (Phi) is 5.06. The summed E-state index contributed by atoms with van der Waals surface area (Å²) >= 11 is 5.98. The van der Waals surface area contributed by atoms with E-state index in [9.17, 15) is 4.79 Å². The molecule has 0 aliphatic carbocycles. The zero-order valence-electron chi connectivity index (χ0n) is 13.4. The van der Waals surface area contributed by atoms with Crippen molar-refractivity contribution in [3.8, 4) is 5.75 Å². The van der Waals surface area contributed by atoms with Crippen molar-refractivity contribution in [1.29, 1.82) is 0 Å². The van der Waals surface area contributed by atoms with Gasteiger partial charge >= 0.3 is 0 Å². The molecule has 0 spiro atoms. The fourth-order valence-electron chi connectivity index (χ4n) is 2.79. The van der Waals surface area contributed by atoms with Crippen molar-refractivity contribution in [2.75, 3.05) is 13.7 Å². The summed E-state index contributed by atoms with van der Waals surface area (Å²) in [6.45, 7) is 0.577. The third-order valence-electron chi connectivity index (χ3n) is 3.99. The number of para-hydroxylation sites is 1. The van der Waals surface area contributed by atoms with E-state index in [4.69, 9.17) is 16.3 Å². The summed E-state index contributed by atoms with van der Waals surface area (Å²) in [6, 6.07) is 13.5. The lowest BCUT2D eigenvalue weighted by Crippen LogP contribution is -2.27. The summed E-state index contributed by atoms with van der Waals surface area (Å²) in [5, 5.41) is 4.67. The van der Waals surface area contributed by atoms with E-state index < -0.39 is 0 Å². The summed E-state index contributed by atoms with van der Waals surface area (Å²) in [4.78, 5) is 15.3. The minimum atomic E-state index is 0.000693. The number of rotatable bonds is 6. The maximum Gasteiger partial charge on any atom is 0.224 e. The van der Waals surface area contributed by atoms with Crippen LogP contribution in [-0.2, 0) is 17.6 Å². The van der Waals surface area contributed by atoms with Gasteiger partial charge in [0.1, 0.15) is 5.75 Å². The number of nitrogens with one attached hydrogen (secondary N) is 2. The van der Waals surface area contributed by atoms with E-state index in [1.54, 1.807) is 7.11 Å². The van der Waals surface area contributed by atoms with Crippen LogP contribution in [0.4, 0.5) is 0 Å². The van der Waals surface area contributed by atoms with E-state index in [-0.39, 0.29) is 5.91 Å². The minimum absolute atomic E-state index is 0.000693. The maximum atomic E-state index is 12.2. The fraction of sp³-hybridized carbons (Fsp3) is 0.211. The summed E-state index contributed by atoms with van der Waals surface area (Å²) < 4.78 is 5.32. The Labute approximate surface area is 145 Å². The normalized spacial score (nSPS) is 10.8. The van der Waals surface area contributed by atoms with Crippen LogP contribution in [-0.4, -0.2) is 24.5 Å². The number of halogens is 1. The lowest BCUT2D eigenvalue weighted by molar-refractivity contribution is -0.120. The van der Waals surface area contributed by atoms with Gasteiger partial charge in [0.25, 0.3) is 0 Å². The highest BCUT2D eigenvalue weighted by Gasteiger charge is 2.09. The van der Waals surface area contributed by atoms with Gasteiger partial charge in [-0.05, 0) is 35.7 Å². The number of benzene rings is 2. The number of aromatic amines is 1. The van der Waals surface area contributed by atoms with Gasteiger partial charge in [0.2, 0.25) is 5.91 Å². The van der Waals surface area contributed by atoms with Crippen LogP contribution in [0.3, 0.4) is 0 Å². The number of fused-ring (bicyclic) bond motifs is 1. The van der Waals surface area contributed by atoms with Crippen LogP contribution in [0, 0.1) is 0 Å². The summed E-state index contributed by atoms with van der Waals surface area (Å²) in [6.07, 6.45) is 2.94. The average Bonchev–Trinajstić information content (AvgIpc) is 2.97. The van der Waals surface area contributed by atoms with Crippen LogP contribution in [0.5, 0.6) is 5.75 Å². The molecular formula is C19H19ClN2O2. The molecule has 3 rings (SSSR count). The highest BCUT2D eigenvalue weighted by atomic mass is 35.5. The highest BCUT2D eigenvalue weighted by Crippen LogP contribution is 2.22. The van der Waals surface area contributed by atoms with Crippen LogP contribution < -0.4 is 10.1 Å². The van der Waals surface area contributed by atoms with E-state index in [0.717, 1.165) is 34.2 Å². The van der Waals surface area contributed by atoms with Crippen molar-refractivity contribution in [3.05, 3.63) is 64.8 Å². The van der Waals surface area contributed by atoms with Crippen LogP contribution in [0.1, 0.15) is 11.1 Å². The molecule has 24 heavy (non-hydrogen) atoms. The molecule has 0 atom stereocenters. The third-order valence-corrected chi connectivity index (χ3v) is 4.22. The molecule has 0 bridgehead atoms. The number of aromatic nitrogens is 1. The van der Waals surface area contributed by atoms with Gasteiger partial charge in [0, 0.05) is 28.7 Å². The number of carbonyl (C=O) groups excluding carboxylic acids is 1. The maximum absolute atomic E-state index is 12.2. The summed E-state index contributed by atoms with van der Waals surface area (Å²) in [7, 11) is 1.65. The first-order valence-electron chi connectivity index (χ1n) is 7.81. The van der Waals surface area contributed by atoms with Gasteiger partial charge < -0.3 is 15.0 Å². The van der Waals surface area contributed by atoms with Crippen molar-refractivity contribution in [2.24, 2.45) is 0 Å². The average molecular weight is 343 g/mol. The predicted octanol–water partition coefficient (Wildman–Crippen LogP) is 3.73. The minimum Gasteiger partial charge on any atom is -0.496 e. The SMILES string of the molecule is COc1ccccc1CCNC(=O)Cc1c[nH]c2cc(Cl)ccc12. The second-order valence-corrected chi connectivity index (χ2v) is 6.03. The number of hydrogen-bond acceptors (Lipinski definition) is 2. The number of methoxy groups -OCH3 is 1. The standard InChI is InChI=1S/C19H19ClN2O2/c1-24-18-5-3-2-4-13(18)8-9-21-19(23)10-14-12-22-17-11-15(20)6-7-16(14)17/h2-7,11-12,22H,8-10H2,1H3,(H,21,23). The smallest absolute Gasteiger partial charge is 0.224 e. The molecular weight excluding hydrogens is 324 g/mol. The first-order chi connectivity index (χ1) is 11.7. The molecule has 2 N–H and O–H groups in total. The topological polar surface area (TPSA) is 54.1 Å².